The van der Waals surface area contributed by atoms with Crippen LogP contribution in [0.3, 0.4) is 0 Å². The van der Waals surface area contributed by atoms with Crippen molar-refractivity contribution in [2.45, 2.75) is 6.54 Å². The number of nitrogens with zero attached hydrogens (tertiary/aromatic N) is 3. The third-order valence-electron chi connectivity index (χ3n) is 3.68. The lowest BCUT2D eigenvalue weighted by molar-refractivity contribution is 1.07. The van der Waals surface area contributed by atoms with Crippen LogP contribution in [-0.4, -0.2) is 28.2 Å². The molecule has 0 unspecified atom stereocenters. The second kappa shape index (κ2) is 7.39. The lowest BCUT2D eigenvalue weighted by Crippen LogP contribution is -2.10. The predicted octanol–water partition coefficient (Wildman–Crippen LogP) is 2.77. The Morgan fingerprint density at radius 2 is 1.88 bits per heavy atom. The van der Waals surface area contributed by atoms with E-state index in [4.69, 9.17) is 11.1 Å². The summed E-state index contributed by atoms with van der Waals surface area (Å²) in [7, 11) is 1.77. The lowest BCUT2D eigenvalue weighted by atomic mass is 10.1. The van der Waals surface area contributed by atoms with Gasteiger partial charge in [-0.2, -0.15) is 0 Å². The van der Waals surface area contributed by atoms with E-state index in [1.54, 1.807) is 19.4 Å². The number of hydrogen-bond acceptors (Lipinski definition) is 7. The summed E-state index contributed by atoms with van der Waals surface area (Å²) >= 11 is 0. The van der Waals surface area contributed by atoms with Crippen LogP contribution in [0, 0.1) is 5.41 Å². The molecular formula is C18H19N7. The van der Waals surface area contributed by atoms with E-state index in [9.17, 15) is 0 Å². The second-order valence-electron chi connectivity index (χ2n) is 5.39. The summed E-state index contributed by atoms with van der Waals surface area (Å²) in [6.45, 7) is 0.569. The van der Waals surface area contributed by atoms with Crippen molar-refractivity contribution in [1.29, 1.82) is 5.41 Å². The van der Waals surface area contributed by atoms with Gasteiger partial charge >= 0.3 is 0 Å². The van der Waals surface area contributed by atoms with E-state index >= 15 is 0 Å². The molecule has 7 heteroatoms. The SMILES string of the molecule is CNc1nc(-c2cccc(N)c2)nc(NCc2ccncc2)c1C=N. The van der Waals surface area contributed by atoms with E-state index in [-0.39, 0.29) is 0 Å². The molecule has 0 saturated heterocycles. The Hall–Kier alpha value is -3.48. The Bertz CT molecular complexity index is 878. The number of benzene rings is 1. The maximum Gasteiger partial charge on any atom is 0.163 e. The zero-order valence-electron chi connectivity index (χ0n) is 13.8. The largest absolute Gasteiger partial charge is 0.399 e. The average Bonchev–Trinajstić information content (AvgIpc) is 2.66. The molecular weight excluding hydrogens is 314 g/mol. The van der Waals surface area contributed by atoms with E-state index in [1.807, 2.05) is 36.4 Å². The highest BCUT2D eigenvalue weighted by atomic mass is 15.1. The first kappa shape index (κ1) is 16.4. The number of nitrogen functional groups attached to an aromatic ring is 1. The quantitative estimate of drug-likeness (QED) is 0.407. The van der Waals surface area contributed by atoms with Crippen molar-refractivity contribution in [3.05, 3.63) is 59.9 Å². The van der Waals surface area contributed by atoms with Crippen LogP contribution < -0.4 is 16.4 Å². The van der Waals surface area contributed by atoms with Crippen molar-refractivity contribution in [3.63, 3.8) is 0 Å². The highest BCUT2D eigenvalue weighted by molar-refractivity contribution is 5.91. The topological polar surface area (TPSA) is 113 Å². The molecule has 0 atom stereocenters. The molecule has 0 aliphatic carbocycles. The lowest BCUT2D eigenvalue weighted by Gasteiger charge is -2.14. The minimum atomic E-state index is 0.541. The van der Waals surface area contributed by atoms with Crippen LogP contribution in [0.1, 0.15) is 11.1 Å². The number of rotatable bonds is 6. The average molecular weight is 333 g/mol. The van der Waals surface area contributed by atoms with Crippen molar-refractivity contribution in [3.8, 4) is 11.4 Å². The molecule has 0 radical (unpaired) electrons. The normalized spacial score (nSPS) is 10.3. The molecule has 3 rings (SSSR count). The fourth-order valence-electron chi connectivity index (χ4n) is 2.42. The van der Waals surface area contributed by atoms with Gasteiger partial charge in [-0.25, -0.2) is 9.97 Å². The first-order valence-corrected chi connectivity index (χ1v) is 7.80. The van der Waals surface area contributed by atoms with E-state index in [2.05, 4.69) is 25.6 Å². The summed E-state index contributed by atoms with van der Waals surface area (Å²) in [5.41, 5.74) is 9.01. The van der Waals surface area contributed by atoms with Gasteiger partial charge in [0.2, 0.25) is 0 Å². The number of pyridine rings is 1. The molecule has 0 amide bonds. The maximum absolute atomic E-state index is 7.71. The van der Waals surface area contributed by atoms with Crippen LogP contribution in [0.25, 0.3) is 11.4 Å². The van der Waals surface area contributed by atoms with Gasteiger partial charge in [0.05, 0.1) is 5.56 Å². The van der Waals surface area contributed by atoms with Crippen LogP contribution in [-0.2, 0) is 6.54 Å². The number of hydrogen-bond donors (Lipinski definition) is 4. The van der Waals surface area contributed by atoms with Crippen LogP contribution in [0.2, 0.25) is 0 Å². The molecule has 2 heterocycles. The Balaban J connectivity index is 2.00. The molecule has 0 bridgehead atoms. The summed E-state index contributed by atoms with van der Waals surface area (Å²) in [4.78, 5) is 13.1. The van der Waals surface area contributed by atoms with Gasteiger partial charge in [-0.1, -0.05) is 12.1 Å². The van der Waals surface area contributed by atoms with Gasteiger partial charge in [0.25, 0.3) is 0 Å². The summed E-state index contributed by atoms with van der Waals surface area (Å²) in [5.74, 6) is 1.71. The first-order valence-electron chi connectivity index (χ1n) is 7.80. The fraction of sp³-hybridized carbons (Fsp3) is 0.111. The molecule has 0 aliphatic rings. The molecule has 3 aromatic rings. The highest BCUT2D eigenvalue weighted by Gasteiger charge is 2.13. The molecule has 7 nitrogen and oxygen atoms in total. The third kappa shape index (κ3) is 3.72. The maximum atomic E-state index is 7.71. The molecule has 0 saturated carbocycles. The zero-order valence-corrected chi connectivity index (χ0v) is 13.8. The summed E-state index contributed by atoms with van der Waals surface area (Å²) < 4.78 is 0. The van der Waals surface area contributed by atoms with Crippen LogP contribution in [0.15, 0.2) is 48.8 Å². The molecule has 0 spiro atoms. The molecule has 1 aromatic carbocycles. The van der Waals surface area contributed by atoms with E-state index in [1.165, 1.54) is 6.21 Å². The van der Waals surface area contributed by atoms with Crippen molar-refractivity contribution in [2.24, 2.45) is 0 Å². The predicted molar refractivity (Wildman–Crippen MR) is 101 cm³/mol. The van der Waals surface area contributed by atoms with Crippen LogP contribution >= 0.6 is 0 Å². The van der Waals surface area contributed by atoms with Gasteiger partial charge in [0.15, 0.2) is 5.82 Å². The first-order chi connectivity index (χ1) is 12.2. The van der Waals surface area contributed by atoms with E-state index in [0.29, 0.717) is 35.3 Å². The monoisotopic (exact) mass is 333 g/mol. The van der Waals surface area contributed by atoms with Gasteiger partial charge in [0.1, 0.15) is 11.6 Å². The zero-order chi connectivity index (χ0) is 17.6. The van der Waals surface area contributed by atoms with E-state index < -0.39 is 0 Å². The summed E-state index contributed by atoms with van der Waals surface area (Å²) in [6, 6.07) is 11.3. The minimum Gasteiger partial charge on any atom is -0.399 e. The van der Waals surface area contributed by atoms with E-state index in [0.717, 1.165) is 11.1 Å². The van der Waals surface area contributed by atoms with Gasteiger partial charge in [-0.15, -0.1) is 0 Å². The van der Waals surface area contributed by atoms with Gasteiger partial charge in [0, 0.05) is 43.5 Å². The smallest absolute Gasteiger partial charge is 0.163 e. The number of nitrogens with two attached hydrogens (primary N) is 1. The molecule has 0 fully saturated rings. The molecule has 126 valence electrons. The number of aromatic nitrogens is 3. The Morgan fingerprint density at radius 3 is 2.56 bits per heavy atom. The van der Waals surface area contributed by atoms with Gasteiger partial charge < -0.3 is 21.8 Å². The van der Waals surface area contributed by atoms with Gasteiger partial charge in [-0.3, -0.25) is 4.98 Å². The Kier molecular flexibility index (Phi) is 4.84. The van der Waals surface area contributed by atoms with Crippen LogP contribution in [0.5, 0.6) is 0 Å². The van der Waals surface area contributed by atoms with Crippen molar-refractivity contribution in [2.75, 3.05) is 23.4 Å². The van der Waals surface area contributed by atoms with Crippen molar-refractivity contribution >= 4 is 23.5 Å². The highest BCUT2D eigenvalue weighted by Crippen LogP contribution is 2.25. The standard InChI is InChI=1S/C18H19N7/c1-21-17-15(10-19)18(23-11-12-5-7-22-8-6-12)25-16(24-17)13-3-2-4-14(20)9-13/h2-10,19H,11,20H2,1H3,(H2,21,23,24,25). The van der Waals surface area contributed by atoms with Crippen molar-refractivity contribution < 1.29 is 0 Å². The Morgan fingerprint density at radius 1 is 1.12 bits per heavy atom. The van der Waals surface area contributed by atoms with Gasteiger partial charge in [-0.05, 0) is 29.8 Å². The second-order valence-corrected chi connectivity index (χ2v) is 5.39. The molecule has 2 aromatic heterocycles. The third-order valence-corrected chi connectivity index (χ3v) is 3.68. The number of anilines is 3. The van der Waals surface area contributed by atoms with Crippen LogP contribution in [0.4, 0.5) is 17.3 Å². The number of nitrogens with one attached hydrogen (secondary N) is 3. The molecule has 25 heavy (non-hydrogen) atoms. The Labute approximate surface area is 145 Å². The van der Waals surface area contributed by atoms with Crippen molar-refractivity contribution in [1.82, 2.24) is 15.0 Å². The summed E-state index contributed by atoms with van der Waals surface area (Å²) in [5, 5.41) is 14.0. The molecule has 0 aliphatic heterocycles. The minimum absolute atomic E-state index is 0.541. The summed E-state index contributed by atoms with van der Waals surface area (Å²) in [6.07, 6.45) is 4.72. The fourth-order valence-corrected chi connectivity index (χ4v) is 2.42. The molecule has 5 N–H and O–H groups in total.